The van der Waals surface area contributed by atoms with Crippen molar-refractivity contribution in [2.75, 3.05) is 6.54 Å². The average molecular weight is 475 g/mol. The molecule has 0 unspecified atom stereocenters. The molecule has 3 aromatic rings. The number of amides is 2. The molecule has 182 valence electrons. The molecular weight excluding hydrogens is 443 g/mol. The summed E-state index contributed by atoms with van der Waals surface area (Å²) in [7, 11) is 0. The van der Waals surface area contributed by atoms with Crippen LogP contribution in [0.5, 0.6) is 0 Å². The molecule has 0 radical (unpaired) electrons. The van der Waals surface area contributed by atoms with E-state index in [1.54, 1.807) is 30.9 Å². The van der Waals surface area contributed by atoms with E-state index in [0.29, 0.717) is 19.4 Å². The first kappa shape index (κ1) is 24.5. The Hall–Kier alpha value is -3.67. The third-order valence-corrected chi connectivity index (χ3v) is 7.01. The Kier molecular flexibility index (Phi) is 6.66. The second-order valence-corrected chi connectivity index (χ2v) is 9.90. The van der Waals surface area contributed by atoms with E-state index in [0.717, 1.165) is 22.3 Å². The highest BCUT2D eigenvalue weighted by atomic mass is 19.1. The predicted molar refractivity (Wildman–Crippen MR) is 134 cm³/mol. The second-order valence-electron chi connectivity index (χ2n) is 9.90. The maximum absolute atomic E-state index is 13.3. The number of primary amides is 1. The molecular formula is C29H31FN2O3. The Morgan fingerprint density at radius 3 is 2.14 bits per heavy atom. The van der Waals surface area contributed by atoms with Gasteiger partial charge in [0.1, 0.15) is 11.4 Å². The Morgan fingerprint density at radius 1 is 1.03 bits per heavy atom. The number of carbonyl (C=O) groups is 2. The average Bonchev–Trinajstić information content (AvgIpc) is 2.84. The van der Waals surface area contributed by atoms with E-state index in [2.05, 4.69) is 0 Å². The van der Waals surface area contributed by atoms with Crippen LogP contribution in [0.25, 0.3) is 11.1 Å². The van der Waals surface area contributed by atoms with Crippen LogP contribution in [0.4, 0.5) is 9.18 Å². The van der Waals surface area contributed by atoms with Crippen LogP contribution in [0.15, 0.2) is 78.9 Å². The van der Waals surface area contributed by atoms with E-state index in [9.17, 15) is 14.0 Å². The molecule has 2 atom stereocenters. The summed E-state index contributed by atoms with van der Waals surface area (Å²) in [5.74, 6) is -0.700. The molecule has 6 heteroatoms. The first-order chi connectivity index (χ1) is 16.6. The molecule has 1 saturated heterocycles. The standard InChI is InChI=1S/C29H31FN2O3/c1-20(21-9-11-22(12-10-21)23-13-15-25(30)16-14-23)32-18-17-29(35-27(32)34,19-28(2,3)26(31)33)24-7-5-4-6-8-24/h4-16,20H,17-19H2,1-3H3,(H2,31,33)/t20-,29+/m0/s1. The zero-order valence-corrected chi connectivity index (χ0v) is 20.3. The number of nitrogens with zero attached hydrogens (tertiary/aromatic N) is 1. The van der Waals surface area contributed by atoms with Crippen LogP contribution in [0.2, 0.25) is 0 Å². The molecule has 0 bridgehead atoms. The minimum Gasteiger partial charge on any atom is -0.438 e. The Labute approximate surface area is 205 Å². The maximum Gasteiger partial charge on any atom is 0.411 e. The summed E-state index contributed by atoms with van der Waals surface area (Å²) in [4.78, 5) is 27.1. The van der Waals surface area contributed by atoms with Crippen molar-refractivity contribution in [2.24, 2.45) is 11.1 Å². The Bertz CT molecular complexity index is 1190. The van der Waals surface area contributed by atoms with Crippen molar-refractivity contribution in [2.45, 2.75) is 45.3 Å². The molecule has 1 heterocycles. The number of benzene rings is 3. The van der Waals surface area contributed by atoms with E-state index in [1.807, 2.05) is 61.5 Å². The van der Waals surface area contributed by atoms with E-state index < -0.39 is 23.0 Å². The van der Waals surface area contributed by atoms with Crippen LogP contribution in [-0.4, -0.2) is 23.4 Å². The van der Waals surface area contributed by atoms with E-state index in [4.69, 9.17) is 10.5 Å². The van der Waals surface area contributed by atoms with E-state index in [1.165, 1.54) is 12.1 Å². The summed E-state index contributed by atoms with van der Waals surface area (Å²) in [6, 6.07) is 23.6. The smallest absolute Gasteiger partial charge is 0.411 e. The van der Waals surface area contributed by atoms with Crippen molar-refractivity contribution >= 4 is 12.0 Å². The third-order valence-electron chi connectivity index (χ3n) is 7.01. The topological polar surface area (TPSA) is 72.6 Å². The van der Waals surface area contributed by atoms with Crippen molar-refractivity contribution in [1.29, 1.82) is 0 Å². The molecule has 1 aliphatic rings. The molecule has 4 rings (SSSR count). The molecule has 3 aromatic carbocycles. The Morgan fingerprint density at radius 2 is 1.60 bits per heavy atom. The molecule has 0 saturated carbocycles. The molecule has 35 heavy (non-hydrogen) atoms. The molecule has 2 N–H and O–H groups in total. The van der Waals surface area contributed by atoms with E-state index >= 15 is 0 Å². The van der Waals surface area contributed by atoms with Gasteiger partial charge >= 0.3 is 6.09 Å². The van der Waals surface area contributed by atoms with Crippen molar-refractivity contribution in [1.82, 2.24) is 4.90 Å². The molecule has 5 nitrogen and oxygen atoms in total. The normalized spacial score (nSPS) is 19.2. The fraction of sp³-hybridized carbons (Fsp3) is 0.310. The first-order valence-corrected chi connectivity index (χ1v) is 11.8. The van der Waals surface area contributed by atoms with Crippen LogP contribution in [-0.2, 0) is 15.1 Å². The number of hydrogen-bond donors (Lipinski definition) is 1. The van der Waals surface area contributed by atoms with E-state index in [-0.39, 0.29) is 11.9 Å². The SMILES string of the molecule is C[C@@H](c1ccc(-c2ccc(F)cc2)cc1)N1CC[C@@](CC(C)(C)C(N)=O)(c2ccccc2)OC1=O. The lowest BCUT2D eigenvalue weighted by molar-refractivity contribution is -0.133. The van der Waals surface area contributed by atoms with Gasteiger partial charge in [0.15, 0.2) is 0 Å². The third kappa shape index (κ3) is 5.06. The molecule has 1 fully saturated rings. The summed E-state index contributed by atoms with van der Waals surface area (Å²) >= 11 is 0. The summed E-state index contributed by atoms with van der Waals surface area (Å²) < 4.78 is 19.4. The van der Waals surface area contributed by atoms with Gasteiger partial charge in [-0.05, 0) is 41.3 Å². The number of nitrogens with two attached hydrogens (primary N) is 1. The zero-order valence-electron chi connectivity index (χ0n) is 20.3. The molecule has 0 aromatic heterocycles. The molecule has 0 spiro atoms. The molecule has 2 amide bonds. The predicted octanol–water partition coefficient (Wildman–Crippen LogP) is 6.19. The lowest BCUT2D eigenvalue weighted by Crippen LogP contribution is -2.51. The minimum absolute atomic E-state index is 0.206. The number of carbonyl (C=O) groups excluding carboxylic acids is 2. The largest absolute Gasteiger partial charge is 0.438 e. The van der Waals surface area contributed by atoms with Crippen LogP contribution in [0, 0.1) is 11.2 Å². The lowest BCUT2D eigenvalue weighted by Gasteiger charge is -2.46. The van der Waals surface area contributed by atoms with Gasteiger partial charge in [-0.25, -0.2) is 9.18 Å². The van der Waals surface area contributed by atoms with Gasteiger partial charge < -0.3 is 15.4 Å². The van der Waals surface area contributed by atoms with Crippen LogP contribution in [0.3, 0.4) is 0 Å². The Balaban J connectivity index is 1.55. The van der Waals surface area contributed by atoms with Gasteiger partial charge in [-0.3, -0.25) is 4.79 Å². The number of cyclic esters (lactones) is 1. The highest BCUT2D eigenvalue weighted by Gasteiger charge is 2.48. The number of rotatable bonds is 7. The number of hydrogen-bond acceptors (Lipinski definition) is 3. The summed E-state index contributed by atoms with van der Waals surface area (Å²) in [5, 5.41) is 0. The van der Waals surface area contributed by atoms with Crippen molar-refractivity contribution in [3.8, 4) is 11.1 Å². The maximum atomic E-state index is 13.3. The van der Waals surface area contributed by atoms with Crippen molar-refractivity contribution in [3.05, 3.63) is 95.8 Å². The van der Waals surface area contributed by atoms with Crippen LogP contribution >= 0.6 is 0 Å². The second kappa shape index (κ2) is 9.53. The van der Waals surface area contributed by atoms with Gasteiger partial charge in [-0.15, -0.1) is 0 Å². The fourth-order valence-electron chi connectivity index (χ4n) is 4.77. The van der Waals surface area contributed by atoms with Gasteiger partial charge in [0, 0.05) is 24.8 Å². The summed E-state index contributed by atoms with van der Waals surface area (Å²) in [6.07, 6.45) is 0.424. The van der Waals surface area contributed by atoms with Gasteiger partial charge in [-0.2, -0.15) is 0 Å². The van der Waals surface area contributed by atoms with Gasteiger partial charge in [0.25, 0.3) is 0 Å². The van der Waals surface area contributed by atoms with Crippen molar-refractivity contribution in [3.63, 3.8) is 0 Å². The molecule has 1 aliphatic heterocycles. The number of ether oxygens (including phenoxy) is 1. The van der Waals surface area contributed by atoms with Crippen LogP contribution in [0.1, 0.15) is 50.8 Å². The monoisotopic (exact) mass is 474 g/mol. The summed E-state index contributed by atoms with van der Waals surface area (Å²) in [6.45, 7) is 6.01. The number of halogens is 1. The summed E-state index contributed by atoms with van der Waals surface area (Å²) in [5.41, 5.74) is 7.61. The fourth-order valence-corrected chi connectivity index (χ4v) is 4.77. The van der Waals surface area contributed by atoms with Crippen LogP contribution < -0.4 is 5.73 Å². The highest BCUT2D eigenvalue weighted by molar-refractivity contribution is 5.80. The lowest BCUT2D eigenvalue weighted by atomic mass is 9.74. The van der Waals surface area contributed by atoms with Gasteiger partial charge in [-0.1, -0.05) is 80.6 Å². The van der Waals surface area contributed by atoms with Crippen molar-refractivity contribution < 1.29 is 18.7 Å². The van der Waals surface area contributed by atoms with Gasteiger partial charge in [0.2, 0.25) is 5.91 Å². The molecule has 0 aliphatic carbocycles. The first-order valence-electron chi connectivity index (χ1n) is 11.8. The quantitative estimate of drug-likeness (QED) is 0.444. The highest BCUT2D eigenvalue weighted by Crippen LogP contribution is 2.44. The minimum atomic E-state index is -0.931. The van der Waals surface area contributed by atoms with Gasteiger partial charge in [0.05, 0.1) is 6.04 Å². The zero-order chi connectivity index (χ0) is 25.2.